The molecule has 13 heteroatoms. The molecule has 2 fully saturated rings. The maximum absolute atomic E-state index is 13.7. The summed E-state index contributed by atoms with van der Waals surface area (Å²) in [5.74, 6) is 0.398. The number of H-pyrrole nitrogens is 1. The molecule has 1 aromatic heterocycles. The van der Waals surface area contributed by atoms with Gasteiger partial charge in [0, 0.05) is 41.8 Å². The number of piperidine rings is 1. The summed E-state index contributed by atoms with van der Waals surface area (Å²) < 4.78 is 44.4. The number of hydrogen-bond donors (Lipinski definition) is 1. The van der Waals surface area contributed by atoms with E-state index in [1.807, 2.05) is 12.1 Å². The van der Waals surface area contributed by atoms with Gasteiger partial charge in [-0.05, 0) is 85.0 Å². The zero-order chi connectivity index (χ0) is 38.1. The van der Waals surface area contributed by atoms with Crippen molar-refractivity contribution < 1.29 is 52.3 Å². The molecular formula is C41H46N2O11. The van der Waals surface area contributed by atoms with Crippen LogP contribution in [-0.4, -0.2) is 89.6 Å². The van der Waals surface area contributed by atoms with Gasteiger partial charge in [0.25, 0.3) is 0 Å². The predicted octanol–water partition coefficient (Wildman–Crippen LogP) is 5.70. The first kappa shape index (κ1) is 36.9. The summed E-state index contributed by atoms with van der Waals surface area (Å²) in [6.45, 7) is 1.68. The lowest BCUT2D eigenvalue weighted by Crippen LogP contribution is -2.52. The fraction of sp³-hybridized carbons (Fsp3) is 0.439. The van der Waals surface area contributed by atoms with E-state index in [0.717, 1.165) is 37.2 Å². The third kappa shape index (κ3) is 7.12. The molecule has 0 bridgehead atoms. The lowest BCUT2D eigenvalue weighted by atomic mass is 9.65. The first-order valence-electron chi connectivity index (χ1n) is 18.1. The molecule has 3 aliphatic rings. The molecular weight excluding hydrogens is 696 g/mol. The van der Waals surface area contributed by atoms with Gasteiger partial charge in [0.05, 0.1) is 66.6 Å². The maximum atomic E-state index is 13.7. The number of ether oxygens (including phenoxy) is 8. The monoisotopic (exact) mass is 742 g/mol. The van der Waals surface area contributed by atoms with Gasteiger partial charge >= 0.3 is 17.9 Å². The Morgan fingerprint density at radius 3 is 2.15 bits per heavy atom. The molecule has 13 nitrogen and oxygen atoms in total. The van der Waals surface area contributed by atoms with E-state index in [2.05, 4.69) is 16.0 Å². The highest BCUT2D eigenvalue weighted by Crippen LogP contribution is 2.50. The molecule has 0 spiro atoms. The van der Waals surface area contributed by atoms with Crippen LogP contribution in [-0.2, 0) is 31.9 Å². The van der Waals surface area contributed by atoms with Crippen molar-refractivity contribution in [1.29, 1.82) is 0 Å². The summed E-state index contributed by atoms with van der Waals surface area (Å²) in [5.41, 5.74) is 4.36. The highest BCUT2D eigenvalue weighted by molar-refractivity contribution is 5.92. The van der Waals surface area contributed by atoms with Gasteiger partial charge in [0.1, 0.15) is 23.4 Å². The van der Waals surface area contributed by atoms with E-state index >= 15 is 0 Å². The van der Waals surface area contributed by atoms with Crippen LogP contribution in [0.15, 0.2) is 48.5 Å². The maximum Gasteiger partial charge on any atom is 0.338 e. The normalized spacial score (nSPS) is 21.9. The number of aromatic nitrogens is 1. The van der Waals surface area contributed by atoms with Gasteiger partial charge < -0.3 is 42.9 Å². The van der Waals surface area contributed by atoms with Crippen molar-refractivity contribution in [3.63, 3.8) is 0 Å². The smallest absolute Gasteiger partial charge is 0.338 e. The number of esters is 3. The Hall–Kier alpha value is -5.43. The fourth-order valence-electron chi connectivity index (χ4n) is 8.66. The second kappa shape index (κ2) is 15.5. The van der Waals surface area contributed by atoms with Crippen LogP contribution in [0, 0.1) is 17.8 Å². The van der Waals surface area contributed by atoms with Gasteiger partial charge in [-0.1, -0.05) is 0 Å². The van der Waals surface area contributed by atoms with Gasteiger partial charge in [-0.2, -0.15) is 0 Å². The minimum absolute atomic E-state index is 0.0261. The van der Waals surface area contributed by atoms with E-state index in [-0.39, 0.29) is 53.1 Å². The zero-order valence-corrected chi connectivity index (χ0v) is 31.4. The van der Waals surface area contributed by atoms with Crippen molar-refractivity contribution >= 4 is 28.8 Å². The van der Waals surface area contributed by atoms with Gasteiger partial charge in [0.2, 0.25) is 5.75 Å². The number of methoxy groups -OCH3 is 6. The predicted molar refractivity (Wildman–Crippen MR) is 197 cm³/mol. The van der Waals surface area contributed by atoms with E-state index in [4.69, 9.17) is 37.9 Å². The van der Waals surface area contributed by atoms with Crippen LogP contribution < -0.4 is 28.4 Å². The Bertz CT molecular complexity index is 2010. The lowest BCUT2D eigenvalue weighted by Gasteiger charge is -2.51. The molecule has 0 unspecified atom stereocenters. The van der Waals surface area contributed by atoms with E-state index < -0.39 is 24.0 Å². The average Bonchev–Trinajstić information content (AvgIpc) is 3.57. The van der Waals surface area contributed by atoms with Gasteiger partial charge in [-0.25, -0.2) is 4.79 Å². The standard InChI is InChI=1S/C41H46N2O11/c1-47-25-7-8-29-30-9-10-43-21-24-14-28(18-32(41(46)52-6)31(24)20-34(43)38(30)42-33(29)19-25)53-40(45)23-15-35(50-4)39(36(16-23)51-5)54-37(44)13-22-11-26(48-2)17-27(12-22)49-3/h7-8,11-12,15-17,19,24,28,31-32,34,42H,9-10,13-14,18,20-21H2,1-6H3/t24-,28-,31+,32-,34-/m1/s1. The van der Waals surface area contributed by atoms with Crippen molar-refractivity contribution in [1.82, 2.24) is 9.88 Å². The first-order chi connectivity index (χ1) is 26.2. The van der Waals surface area contributed by atoms with Gasteiger partial charge in [-0.15, -0.1) is 0 Å². The number of carbonyl (C=O) groups excluding carboxylic acids is 3. The quantitative estimate of drug-likeness (QED) is 0.149. The number of fused-ring (bicyclic) bond motifs is 6. The molecule has 1 saturated heterocycles. The number of benzene rings is 3. The summed E-state index contributed by atoms with van der Waals surface area (Å²) in [5, 5.41) is 1.21. The second-order valence-corrected chi connectivity index (χ2v) is 14.1. The average molecular weight is 743 g/mol. The van der Waals surface area contributed by atoms with Crippen LogP contribution in [0.25, 0.3) is 10.9 Å². The second-order valence-electron chi connectivity index (χ2n) is 14.1. The highest BCUT2D eigenvalue weighted by Gasteiger charge is 2.49. The van der Waals surface area contributed by atoms with Crippen molar-refractivity contribution in [2.45, 2.75) is 44.2 Å². The lowest BCUT2D eigenvalue weighted by molar-refractivity contribution is -0.155. The highest BCUT2D eigenvalue weighted by atomic mass is 16.6. The van der Waals surface area contributed by atoms with E-state index in [1.165, 1.54) is 64.3 Å². The third-order valence-corrected chi connectivity index (χ3v) is 11.2. The molecule has 3 heterocycles. The molecule has 7 rings (SSSR count). The Labute approximate surface area is 313 Å². The summed E-state index contributed by atoms with van der Waals surface area (Å²) >= 11 is 0. The number of rotatable bonds is 11. The van der Waals surface area contributed by atoms with Gasteiger partial charge in [0.15, 0.2) is 11.5 Å². The Morgan fingerprint density at radius 2 is 1.50 bits per heavy atom. The minimum atomic E-state index is -0.607. The summed E-state index contributed by atoms with van der Waals surface area (Å²) in [6.07, 6.45) is 2.06. The molecule has 3 aromatic carbocycles. The number of nitrogens with zero attached hydrogens (tertiary/aromatic N) is 1. The molecule has 2 aliphatic heterocycles. The Kier molecular flexibility index (Phi) is 10.6. The van der Waals surface area contributed by atoms with Crippen LogP contribution in [0.1, 0.15) is 52.5 Å². The molecule has 286 valence electrons. The number of aromatic amines is 1. The summed E-state index contributed by atoms with van der Waals surface area (Å²) in [7, 11) is 8.94. The Morgan fingerprint density at radius 1 is 0.796 bits per heavy atom. The largest absolute Gasteiger partial charge is 0.497 e. The summed E-state index contributed by atoms with van der Waals surface area (Å²) in [6, 6.07) is 14.3. The van der Waals surface area contributed by atoms with E-state index in [1.54, 1.807) is 25.3 Å². The van der Waals surface area contributed by atoms with Crippen molar-refractivity contribution in [3.8, 4) is 34.5 Å². The molecule has 1 N–H and O–H groups in total. The van der Waals surface area contributed by atoms with Crippen molar-refractivity contribution in [3.05, 3.63) is 70.9 Å². The first-order valence-corrected chi connectivity index (χ1v) is 18.1. The van der Waals surface area contributed by atoms with Crippen molar-refractivity contribution in [2.75, 3.05) is 55.7 Å². The van der Waals surface area contributed by atoms with Crippen LogP contribution in [0.2, 0.25) is 0 Å². The molecule has 1 aliphatic carbocycles. The zero-order valence-electron chi connectivity index (χ0n) is 31.4. The molecule has 0 amide bonds. The van der Waals surface area contributed by atoms with Crippen LogP contribution in [0.5, 0.6) is 34.5 Å². The minimum Gasteiger partial charge on any atom is -0.497 e. The van der Waals surface area contributed by atoms with E-state index in [0.29, 0.717) is 29.9 Å². The fourth-order valence-corrected chi connectivity index (χ4v) is 8.66. The molecule has 1 saturated carbocycles. The van der Waals surface area contributed by atoms with Crippen molar-refractivity contribution in [2.24, 2.45) is 17.8 Å². The number of nitrogens with one attached hydrogen (secondary N) is 1. The number of hydrogen-bond acceptors (Lipinski definition) is 12. The molecule has 54 heavy (non-hydrogen) atoms. The summed E-state index contributed by atoms with van der Waals surface area (Å²) in [4.78, 5) is 46.3. The number of carbonyl (C=O) groups is 3. The van der Waals surface area contributed by atoms with Crippen LogP contribution >= 0.6 is 0 Å². The molecule has 4 aromatic rings. The topological polar surface area (TPSA) is 144 Å². The molecule has 0 radical (unpaired) electrons. The molecule has 5 atom stereocenters. The third-order valence-electron chi connectivity index (χ3n) is 11.2. The van der Waals surface area contributed by atoms with E-state index in [9.17, 15) is 14.4 Å². The Balaban J connectivity index is 1.07. The SMILES string of the molecule is COC(=O)[C@@H]1C[C@H](OC(=O)c2cc(OC)c(OC(=O)Cc3cc(OC)cc(OC)c3)c(OC)c2)C[C@@H]2CN3CCc4c([nH]c5cc(OC)ccc45)[C@H]3C[C@@H]21. The van der Waals surface area contributed by atoms with Crippen LogP contribution in [0.4, 0.5) is 0 Å². The van der Waals surface area contributed by atoms with Gasteiger partial charge in [-0.3, -0.25) is 14.5 Å². The van der Waals surface area contributed by atoms with Crippen LogP contribution in [0.3, 0.4) is 0 Å².